The molecule has 1 aliphatic carbocycles. The third-order valence-electron chi connectivity index (χ3n) is 4.64. The first-order chi connectivity index (χ1) is 12.7. The van der Waals surface area contributed by atoms with Crippen molar-refractivity contribution >= 4 is 22.9 Å². The van der Waals surface area contributed by atoms with Gasteiger partial charge in [-0.1, -0.05) is 12.1 Å². The number of carbonyl (C=O) groups is 1. The molecule has 0 unspecified atom stereocenters. The van der Waals surface area contributed by atoms with Gasteiger partial charge in [-0.2, -0.15) is 0 Å². The number of hydrogen-bond acceptors (Lipinski definition) is 4. The van der Waals surface area contributed by atoms with Crippen molar-refractivity contribution in [1.29, 1.82) is 0 Å². The summed E-state index contributed by atoms with van der Waals surface area (Å²) in [5, 5.41) is 2.79. The number of carbonyl (C=O) groups excluding carboxylic acids is 1. The molecule has 2 N–H and O–H groups in total. The monoisotopic (exact) mass is 351 g/mol. The molecule has 6 heteroatoms. The molecule has 134 valence electrons. The lowest BCUT2D eigenvalue weighted by Crippen LogP contribution is -2.14. The van der Waals surface area contributed by atoms with E-state index < -0.39 is 0 Å². The number of nitrogens with one attached hydrogen (secondary N) is 2. The first kappa shape index (κ1) is 16.4. The number of hydrogen-bond donors (Lipinski definition) is 2. The molecule has 0 saturated heterocycles. The molecule has 1 heterocycles. The molecule has 4 rings (SSSR count). The highest BCUT2D eigenvalue weighted by atomic mass is 16.5. The number of para-hydroxylation sites is 2. The maximum Gasteiger partial charge on any atom is 0.258 e. The van der Waals surface area contributed by atoms with Gasteiger partial charge in [-0.3, -0.25) is 10.1 Å². The van der Waals surface area contributed by atoms with Crippen molar-refractivity contribution in [2.75, 3.05) is 12.4 Å². The molecule has 0 bridgehead atoms. The normalized spacial score (nSPS) is 14.5. The van der Waals surface area contributed by atoms with Gasteiger partial charge in [0.15, 0.2) is 11.5 Å². The van der Waals surface area contributed by atoms with Crippen LogP contribution in [0.1, 0.15) is 36.0 Å². The Kier molecular flexibility index (Phi) is 4.48. The van der Waals surface area contributed by atoms with E-state index in [1.807, 2.05) is 24.3 Å². The van der Waals surface area contributed by atoms with Gasteiger partial charge in [0.2, 0.25) is 5.95 Å². The predicted molar refractivity (Wildman–Crippen MR) is 99.9 cm³/mol. The summed E-state index contributed by atoms with van der Waals surface area (Å²) in [6.45, 7) is 0. The summed E-state index contributed by atoms with van der Waals surface area (Å²) in [5.41, 5.74) is 2.17. The van der Waals surface area contributed by atoms with E-state index in [-0.39, 0.29) is 12.0 Å². The highest BCUT2D eigenvalue weighted by Crippen LogP contribution is 2.32. The smallest absolute Gasteiger partial charge is 0.258 e. The summed E-state index contributed by atoms with van der Waals surface area (Å²) >= 11 is 0. The third-order valence-corrected chi connectivity index (χ3v) is 4.64. The third kappa shape index (κ3) is 3.35. The van der Waals surface area contributed by atoms with Crippen LogP contribution < -0.4 is 14.8 Å². The number of imidazole rings is 1. The number of aromatic nitrogens is 2. The maximum atomic E-state index is 12.5. The summed E-state index contributed by atoms with van der Waals surface area (Å²) in [6.07, 6.45) is 4.77. The number of anilines is 1. The van der Waals surface area contributed by atoms with E-state index in [2.05, 4.69) is 15.3 Å². The number of aromatic amines is 1. The Labute approximate surface area is 151 Å². The zero-order valence-corrected chi connectivity index (χ0v) is 14.6. The number of rotatable bonds is 5. The first-order valence-electron chi connectivity index (χ1n) is 8.84. The summed E-state index contributed by atoms with van der Waals surface area (Å²) in [5.74, 6) is 1.41. The molecule has 26 heavy (non-hydrogen) atoms. The average Bonchev–Trinajstić information content (AvgIpc) is 3.30. The average molecular weight is 351 g/mol. The van der Waals surface area contributed by atoms with Crippen molar-refractivity contribution in [2.45, 2.75) is 31.8 Å². The number of ether oxygens (including phenoxy) is 2. The number of H-pyrrole nitrogens is 1. The van der Waals surface area contributed by atoms with Gasteiger partial charge in [-0.15, -0.1) is 0 Å². The molecule has 1 aromatic heterocycles. The van der Waals surface area contributed by atoms with E-state index in [4.69, 9.17) is 9.47 Å². The van der Waals surface area contributed by atoms with Crippen molar-refractivity contribution in [3.8, 4) is 11.5 Å². The molecule has 1 aliphatic rings. The minimum atomic E-state index is -0.255. The Morgan fingerprint density at radius 2 is 1.96 bits per heavy atom. The second-order valence-electron chi connectivity index (χ2n) is 6.45. The minimum Gasteiger partial charge on any atom is -0.493 e. The van der Waals surface area contributed by atoms with Crippen LogP contribution in [0, 0.1) is 0 Å². The van der Waals surface area contributed by atoms with E-state index in [9.17, 15) is 4.79 Å². The quantitative estimate of drug-likeness (QED) is 0.724. The van der Waals surface area contributed by atoms with Crippen molar-refractivity contribution in [3.05, 3.63) is 48.0 Å². The van der Waals surface area contributed by atoms with Crippen LogP contribution in [-0.4, -0.2) is 29.1 Å². The summed E-state index contributed by atoms with van der Waals surface area (Å²) in [7, 11) is 1.58. The Morgan fingerprint density at radius 1 is 1.15 bits per heavy atom. The van der Waals surface area contributed by atoms with Crippen molar-refractivity contribution in [2.24, 2.45) is 0 Å². The molecule has 1 amide bonds. The molecule has 0 spiro atoms. The molecule has 2 aromatic carbocycles. The van der Waals surface area contributed by atoms with Gasteiger partial charge in [-0.25, -0.2) is 4.98 Å². The zero-order chi connectivity index (χ0) is 17.9. The lowest BCUT2D eigenvalue weighted by atomic mass is 10.2. The van der Waals surface area contributed by atoms with Gasteiger partial charge < -0.3 is 14.5 Å². The standard InChI is InChI=1S/C20H21N3O3/c1-25-18-12-13(10-11-17(18)26-14-6-2-3-7-14)19(24)23-20-21-15-8-4-5-9-16(15)22-20/h4-5,8-12,14H,2-3,6-7H2,1H3,(H2,21,22,23,24). The molecule has 1 saturated carbocycles. The molecular formula is C20H21N3O3. The maximum absolute atomic E-state index is 12.5. The van der Waals surface area contributed by atoms with Crippen LogP contribution in [0.5, 0.6) is 11.5 Å². The van der Waals surface area contributed by atoms with Gasteiger partial charge in [0.25, 0.3) is 5.91 Å². The fraction of sp³-hybridized carbons (Fsp3) is 0.300. The highest BCUT2D eigenvalue weighted by molar-refractivity contribution is 6.04. The predicted octanol–water partition coefficient (Wildman–Crippen LogP) is 4.15. The first-order valence-corrected chi connectivity index (χ1v) is 8.84. The van der Waals surface area contributed by atoms with Crippen LogP contribution in [0.2, 0.25) is 0 Å². The molecule has 6 nitrogen and oxygen atoms in total. The molecule has 0 aliphatic heterocycles. The van der Waals surface area contributed by atoms with Gasteiger partial charge >= 0.3 is 0 Å². The van der Waals surface area contributed by atoms with Crippen LogP contribution in [0.25, 0.3) is 11.0 Å². The van der Waals surface area contributed by atoms with E-state index in [0.717, 1.165) is 23.9 Å². The summed E-state index contributed by atoms with van der Waals surface area (Å²) < 4.78 is 11.4. The van der Waals surface area contributed by atoms with E-state index in [0.29, 0.717) is 23.0 Å². The fourth-order valence-corrected chi connectivity index (χ4v) is 3.28. The number of benzene rings is 2. The second-order valence-corrected chi connectivity index (χ2v) is 6.45. The van der Waals surface area contributed by atoms with Crippen LogP contribution in [0.4, 0.5) is 5.95 Å². The Bertz CT molecular complexity index is 896. The van der Waals surface area contributed by atoms with E-state index in [1.54, 1.807) is 25.3 Å². The summed E-state index contributed by atoms with van der Waals surface area (Å²) in [4.78, 5) is 20.0. The number of amides is 1. The Morgan fingerprint density at radius 3 is 2.73 bits per heavy atom. The molecular weight excluding hydrogens is 330 g/mol. The Hall–Kier alpha value is -3.02. The van der Waals surface area contributed by atoms with Crippen molar-refractivity contribution in [3.63, 3.8) is 0 Å². The van der Waals surface area contributed by atoms with E-state index >= 15 is 0 Å². The number of methoxy groups -OCH3 is 1. The van der Waals surface area contributed by atoms with Gasteiger partial charge in [0, 0.05) is 5.56 Å². The van der Waals surface area contributed by atoms with Gasteiger partial charge in [0.05, 0.1) is 24.2 Å². The number of nitrogens with zero attached hydrogens (tertiary/aromatic N) is 1. The molecule has 0 atom stereocenters. The fourth-order valence-electron chi connectivity index (χ4n) is 3.28. The second kappa shape index (κ2) is 7.07. The zero-order valence-electron chi connectivity index (χ0n) is 14.6. The lowest BCUT2D eigenvalue weighted by molar-refractivity contribution is 0.102. The van der Waals surface area contributed by atoms with Gasteiger partial charge in [-0.05, 0) is 56.0 Å². The molecule has 3 aromatic rings. The highest BCUT2D eigenvalue weighted by Gasteiger charge is 2.19. The van der Waals surface area contributed by atoms with Crippen LogP contribution in [0.15, 0.2) is 42.5 Å². The topological polar surface area (TPSA) is 76.2 Å². The van der Waals surface area contributed by atoms with Crippen LogP contribution in [-0.2, 0) is 0 Å². The Balaban J connectivity index is 1.51. The largest absolute Gasteiger partial charge is 0.493 e. The van der Waals surface area contributed by atoms with E-state index in [1.165, 1.54) is 12.8 Å². The van der Waals surface area contributed by atoms with Crippen molar-refractivity contribution < 1.29 is 14.3 Å². The number of fused-ring (bicyclic) bond motifs is 1. The van der Waals surface area contributed by atoms with Gasteiger partial charge in [0.1, 0.15) is 0 Å². The molecule has 0 radical (unpaired) electrons. The van der Waals surface area contributed by atoms with Crippen LogP contribution in [0.3, 0.4) is 0 Å². The molecule has 1 fully saturated rings. The SMILES string of the molecule is COc1cc(C(=O)Nc2nc3ccccc3[nH]2)ccc1OC1CCCC1. The minimum absolute atomic E-state index is 0.235. The lowest BCUT2D eigenvalue weighted by Gasteiger charge is -2.16. The summed E-state index contributed by atoms with van der Waals surface area (Å²) in [6, 6.07) is 12.9. The van der Waals surface area contributed by atoms with Crippen molar-refractivity contribution in [1.82, 2.24) is 9.97 Å². The van der Waals surface area contributed by atoms with Crippen LogP contribution >= 0.6 is 0 Å².